The number of hydrogen-bond donors (Lipinski definition) is 1. The lowest BCUT2D eigenvalue weighted by molar-refractivity contribution is 0.402. The predicted octanol–water partition coefficient (Wildman–Crippen LogP) is 1.03. The minimum absolute atomic E-state index is 0.0267. The van der Waals surface area contributed by atoms with Crippen LogP contribution in [0.2, 0.25) is 0 Å². The van der Waals surface area contributed by atoms with Gasteiger partial charge in [-0.05, 0) is 18.2 Å². The molecule has 8 nitrogen and oxygen atoms in total. The average molecular weight is 308 g/mol. The summed E-state index contributed by atoms with van der Waals surface area (Å²) >= 11 is 0. The molecule has 0 aromatic carbocycles. The monoisotopic (exact) mass is 308 g/mol. The van der Waals surface area contributed by atoms with Crippen molar-refractivity contribution in [3.8, 4) is 0 Å². The maximum absolute atomic E-state index is 12.1. The first-order valence-corrected chi connectivity index (χ1v) is 7.57. The third-order valence-electron chi connectivity index (χ3n) is 2.90. The Hall–Kier alpha value is -2.39. The summed E-state index contributed by atoms with van der Waals surface area (Å²) in [6.45, 7) is 0.0860. The summed E-state index contributed by atoms with van der Waals surface area (Å²) in [7, 11) is -3.68. The predicted molar refractivity (Wildman–Crippen MR) is 70.8 cm³/mol. The van der Waals surface area contributed by atoms with Crippen LogP contribution in [0.5, 0.6) is 0 Å². The van der Waals surface area contributed by atoms with E-state index in [9.17, 15) is 8.42 Å². The summed E-state index contributed by atoms with van der Waals surface area (Å²) in [5, 5.41) is 7.51. The highest BCUT2D eigenvalue weighted by atomic mass is 32.2. The molecule has 21 heavy (non-hydrogen) atoms. The molecule has 3 heterocycles. The van der Waals surface area contributed by atoms with Crippen LogP contribution in [0.25, 0.3) is 0 Å². The Bertz CT molecular complexity index is 729. The average Bonchev–Trinajstić information content (AvgIpc) is 3.23. The lowest BCUT2D eigenvalue weighted by atomic mass is 10.2. The quantitative estimate of drug-likeness (QED) is 0.729. The van der Waals surface area contributed by atoms with Crippen molar-refractivity contribution in [3.63, 3.8) is 0 Å². The molecule has 0 radical (unpaired) electrons. The zero-order valence-corrected chi connectivity index (χ0v) is 11.6. The second-order valence-electron chi connectivity index (χ2n) is 4.23. The maximum atomic E-state index is 12.1. The fourth-order valence-corrected chi connectivity index (χ4v) is 2.77. The number of aromatic nitrogens is 3. The molecule has 0 saturated heterocycles. The van der Waals surface area contributed by atoms with Gasteiger partial charge in [-0.1, -0.05) is 5.16 Å². The van der Waals surface area contributed by atoms with Gasteiger partial charge in [0, 0.05) is 18.9 Å². The van der Waals surface area contributed by atoms with Gasteiger partial charge < -0.3 is 8.94 Å². The zero-order valence-electron chi connectivity index (χ0n) is 10.8. The van der Waals surface area contributed by atoms with E-state index in [4.69, 9.17) is 4.42 Å². The van der Waals surface area contributed by atoms with E-state index in [0.29, 0.717) is 5.76 Å². The van der Waals surface area contributed by atoms with Crippen LogP contribution < -0.4 is 4.72 Å². The molecular weight excluding hydrogens is 296 g/mol. The fraction of sp³-hybridized carbons (Fsp3) is 0.167. The van der Waals surface area contributed by atoms with E-state index < -0.39 is 10.0 Å². The van der Waals surface area contributed by atoms with E-state index >= 15 is 0 Å². The van der Waals surface area contributed by atoms with Crippen LogP contribution in [-0.4, -0.2) is 29.9 Å². The number of nitrogens with one attached hydrogen (secondary N) is 1. The first-order chi connectivity index (χ1) is 10.2. The van der Waals surface area contributed by atoms with Crippen molar-refractivity contribution in [2.24, 2.45) is 0 Å². The SMILES string of the molecule is O=S(=O)(NCC(c1ccco1)n1cccn1)c1cnoc1. The second kappa shape index (κ2) is 5.54. The molecule has 0 saturated carbocycles. The molecule has 0 spiro atoms. The normalized spacial score (nSPS) is 13.3. The molecule has 0 aliphatic carbocycles. The fourth-order valence-electron chi connectivity index (χ4n) is 1.87. The van der Waals surface area contributed by atoms with Gasteiger partial charge in [-0.2, -0.15) is 5.10 Å². The smallest absolute Gasteiger partial charge is 0.245 e. The number of hydrogen-bond acceptors (Lipinski definition) is 6. The number of nitrogens with zero attached hydrogens (tertiary/aromatic N) is 3. The standard InChI is InChI=1S/C12H12N4O4S/c17-21(18,10-7-14-20-9-10)15-8-11(12-3-1-6-19-12)16-5-2-4-13-16/h1-7,9,11,15H,8H2. The van der Waals surface area contributed by atoms with Gasteiger partial charge in [0.2, 0.25) is 10.0 Å². The van der Waals surface area contributed by atoms with Crippen molar-refractivity contribution < 1.29 is 17.4 Å². The van der Waals surface area contributed by atoms with Crippen molar-refractivity contribution in [1.82, 2.24) is 19.7 Å². The van der Waals surface area contributed by atoms with Crippen molar-refractivity contribution in [2.45, 2.75) is 10.9 Å². The second-order valence-corrected chi connectivity index (χ2v) is 6.00. The Kier molecular flexibility index (Phi) is 3.59. The molecule has 0 fully saturated rings. The van der Waals surface area contributed by atoms with E-state index in [2.05, 4.69) is 19.5 Å². The lowest BCUT2D eigenvalue weighted by Crippen LogP contribution is -2.31. The molecule has 1 N–H and O–H groups in total. The molecule has 9 heteroatoms. The van der Waals surface area contributed by atoms with Gasteiger partial charge in [-0.25, -0.2) is 13.1 Å². The van der Waals surface area contributed by atoms with Crippen molar-refractivity contribution in [1.29, 1.82) is 0 Å². The van der Waals surface area contributed by atoms with Crippen LogP contribution in [0.4, 0.5) is 0 Å². The summed E-state index contributed by atoms with van der Waals surface area (Å²) < 4.78 is 38.1. The van der Waals surface area contributed by atoms with Crippen LogP contribution in [0.15, 0.2) is 63.2 Å². The highest BCUT2D eigenvalue weighted by Crippen LogP contribution is 2.18. The number of rotatable bonds is 6. The largest absolute Gasteiger partial charge is 0.467 e. The van der Waals surface area contributed by atoms with E-state index in [1.807, 2.05) is 0 Å². The Morgan fingerprint density at radius 2 is 2.29 bits per heavy atom. The van der Waals surface area contributed by atoms with Gasteiger partial charge >= 0.3 is 0 Å². The molecule has 3 aromatic rings. The topological polar surface area (TPSA) is 103 Å². The molecule has 0 amide bonds. The summed E-state index contributed by atoms with van der Waals surface area (Å²) in [6, 6.07) is 4.87. The van der Waals surface area contributed by atoms with E-state index in [0.717, 1.165) is 12.5 Å². The van der Waals surface area contributed by atoms with Gasteiger partial charge in [0.05, 0.1) is 12.5 Å². The molecule has 3 rings (SSSR count). The summed E-state index contributed by atoms with van der Waals surface area (Å²) in [6.07, 6.45) is 7.09. The van der Waals surface area contributed by atoms with Gasteiger partial charge in [0.1, 0.15) is 23.0 Å². The van der Waals surface area contributed by atoms with Crippen LogP contribution in [0.3, 0.4) is 0 Å². The Morgan fingerprint density at radius 1 is 1.38 bits per heavy atom. The first-order valence-electron chi connectivity index (χ1n) is 6.08. The lowest BCUT2D eigenvalue weighted by Gasteiger charge is -2.15. The van der Waals surface area contributed by atoms with E-state index in [1.54, 1.807) is 35.3 Å². The van der Waals surface area contributed by atoms with Gasteiger partial charge in [0.25, 0.3) is 0 Å². The van der Waals surface area contributed by atoms with Gasteiger partial charge in [0.15, 0.2) is 0 Å². The van der Waals surface area contributed by atoms with Gasteiger partial charge in [-0.3, -0.25) is 4.68 Å². The number of furan rings is 1. The van der Waals surface area contributed by atoms with Crippen molar-refractivity contribution in [3.05, 3.63) is 55.1 Å². The van der Waals surface area contributed by atoms with Crippen molar-refractivity contribution >= 4 is 10.0 Å². The minimum Gasteiger partial charge on any atom is -0.467 e. The molecule has 1 atom stereocenters. The first kappa shape index (κ1) is 13.6. The van der Waals surface area contributed by atoms with Gasteiger partial charge in [-0.15, -0.1) is 0 Å². The van der Waals surface area contributed by atoms with Crippen LogP contribution in [-0.2, 0) is 10.0 Å². The number of sulfonamides is 1. The summed E-state index contributed by atoms with van der Waals surface area (Å²) in [5.74, 6) is 0.603. The molecule has 1 unspecified atom stereocenters. The third kappa shape index (κ3) is 2.88. The Labute approximate surface area is 120 Å². The highest BCUT2D eigenvalue weighted by Gasteiger charge is 2.22. The van der Waals surface area contributed by atoms with Crippen LogP contribution in [0, 0.1) is 0 Å². The zero-order chi connectivity index (χ0) is 14.7. The third-order valence-corrected chi connectivity index (χ3v) is 4.27. The minimum atomic E-state index is -3.68. The van der Waals surface area contributed by atoms with Crippen LogP contribution >= 0.6 is 0 Å². The van der Waals surface area contributed by atoms with E-state index in [1.165, 1.54) is 6.26 Å². The maximum Gasteiger partial charge on any atom is 0.245 e. The molecule has 3 aromatic heterocycles. The summed E-state index contributed by atoms with van der Waals surface area (Å²) in [5.41, 5.74) is 0. The molecule has 0 aliphatic rings. The molecule has 0 bridgehead atoms. The molecular formula is C12H12N4O4S. The van der Waals surface area contributed by atoms with Crippen molar-refractivity contribution in [2.75, 3.05) is 6.54 Å². The van der Waals surface area contributed by atoms with Crippen LogP contribution in [0.1, 0.15) is 11.8 Å². The Morgan fingerprint density at radius 3 is 2.90 bits per heavy atom. The Balaban J connectivity index is 1.80. The highest BCUT2D eigenvalue weighted by molar-refractivity contribution is 7.89. The van der Waals surface area contributed by atoms with E-state index in [-0.39, 0.29) is 17.5 Å². The summed E-state index contributed by atoms with van der Waals surface area (Å²) in [4.78, 5) is -0.0267. The molecule has 110 valence electrons. The molecule has 0 aliphatic heterocycles.